The average molecular weight is 374 g/mol. The van der Waals surface area contributed by atoms with Crippen LogP contribution in [-0.2, 0) is 0 Å². The molecule has 5 rings (SSSR count). The number of rotatable bonds is 2. The van der Waals surface area contributed by atoms with E-state index in [2.05, 4.69) is 5.16 Å². The van der Waals surface area contributed by atoms with Crippen molar-refractivity contribution in [2.75, 3.05) is 0 Å². The Hall–Kier alpha value is -4.20. The van der Waals surface area contributed by atoms with Gasteiger partial charge >= 0.3 is 11.3 Å². The van der Waals surface area contributed by atoms with Gasteiger partial charge in [0.15, 0.2) is 0 Å². The van der Waals surface area contributed by atoms with E-state index in [4.69, 9.17) is 13.5 Å². The molecule has 0 aliphatic rings. The molecule has 0 bridgehead atoms. The summed E-state index contributed by atoms with van der Waals surface area (Å²) in [7, 11) is 0. The number of nitrogens with zero attached hydrogens (tertiary/aromatic N) is 2. The van der Waals surface area contributed by atoms with Gasteiger partial charge in [-0.05, 0) is 17.0 Å². The summed E-state index contributed by atoms with van der Waals surface area (Å²) in [6.07, 6.45) is 0. The molecule has 2 aromatic carbocycles. The van der Waals surface area contributed by atoms with Crippen molar-refractivity contribution in [3.63, 3.8) is 0 Å². The van der Waals surface area contributed by atoms with Crippen molar-refractivity contribution < 1.29 is 18.4 Å². The highest BCUT2D eigenvalue weighted by Crippen LogP contribution is 2.34. The van der Waals surface area contributed by atoms with E-state index in [1.165, 1.54) is 12.1 Å². The quantitative estimate of drug-likeness (QED) is 0.345. The minimum Gasteiger partial charge on any atom is -0.423 e. The van der Waals surface area contributed by atoms with Crippen LogP contribution >= 0.6 is 0 Å². The summed E-state index contributed by atoms with van der Waals surface area (Å²) in [5.41, 5.74) is 0.196. The monoisotopic (exact) mass is 374 g/mol. The lowest BCUT2D eigenvalue weighted by atomic mass is 10.0. The van der Waals surface area contributed by atoms with Crippen molar-refractivity contribution in [2.24, 2.45) is 0 Å². The molecule has 3 aromatic heterocycles. The van der Waals surface area contributed by atoms with E-state index in [1.807, 2.05) is 0 Å². The Morgan fingerprint density at radius 3 is 1.96 bits per heavy atom. The standard InChI is InChI=1S/C20H10N2O6/c23-17-9-13(11-5-1-3-7-15(11)26-17)19-20(22(25)28-21-19)14-10-18(24)27-16-8-4-2-6-12(14)16/h1-10H. The lowest BCUT2D eigenvalue weighted by Gasteiger charge is -2.04. The lowest BCUT2D eigenvalue weighted by molar-refractivity contribution is -0.793. The molecule has 0 aliphatic carbocycles. The first kappa shape index (κ1) is 16.0. The molecular formula is C20H10N2O6. The molecule has 0 aliphatic heterocycles. The van der Waals surface area contributed by atoms with Gasteiger partial charge in [-0.15, -0.1) is 0 Å². The third-order valence-corrected chi connectivity index (χ3v) is 4.42. The molecule has 0 spiro atoms. The molecular weight excluding hydrogens is 364 g/mol. The van der Waals surface area contributed by atoms with Gasteiger partial charge in [0.25, 0.3) is 5.69 Å². The SMILES string of the molecule is O=c1cc(-c2no[n+]([O-])c2-c2cc(=O)oc3ccccc23)c2ccccc2o1. The van der Waals surface area contributed by atoms with Crippen molar-refractivity contribution in [1.82, 2.24) is 5.16 Å². The summed E-state index contributed by atoms with van der Waals surface area (Å²) in [5.74, 6) is 0. The third kappa shape index (κ3) is 2.39. The van der Waals surface area contributed by atoms with Gasteiger partial charge < -0.3 is 14.0 Å². The molecule has 0 N–H and O–H groups in total. The summed E-state index contributed by atoms with van der Waals surface area (Å²) >= 11 is 0. The van der Waals surface area contributed by atoms with Gasteiger partial charge in [0.1, 0.15) is 11.2 Å². The Morgan fingerprint density at radius 1 is 0.786 bits per heavy atom. The summed E-state index contributed by atoms with van der Waals surface area (Å²) in [5, 5.41) is 17.4. The van der Waals surface area contributed by atoms with Gasteiger partial charge in [0.05, 0.1) is 5.56 Å². The van der Waals surface area contributed by atoms with E-state index in [9.17, 15) is 14.8 Å². The molecule has 0 atom stereocenters. The Morgan fingerprint density at radius 2 is 1.32 bits per heavy atom. The maximum atomic E-state index is 12.4. The molecule has 0 saturated heterocycles. The zero-order valence-electron chi connectivity index (χ0n) is 14.1. The first-order chi connectivity index (χ1) is 13.6. The van der Waals surface area contributed by atoms with Crippen molar-refractivity contribution in [3.8, 4) is 22.5 Å². The van der Waals surface area contributed by atoms with E-state index in [-0.39, 0.29) is 21.9 Å². The van der Waals surface area contributed by atoms with Gasteiger partial charge in [0.2, 0.25) is 5.69 Å². The van der Waals surface area contributed by atoms with E-state index < -0.39 is 11.3 Å². The predicted molar refractivity (Wildman–Crippen MR) is 98.4 cm³/mol. The number of fused-ring (bicyclic) bond motifs is 2. The smallest absolute Gasteiger partial charge is 0.336 e. The fraction of sp³-hybridized carbons (Fsp3) is 0. The topological polar surface area (TPSA) is 113 Å². The number of benzene rings is 2. The van der Waals surface area contributed by atoms with Crippen LogP contribution in [0.25, 0.3) is 44.5 Å². The van der Waals surface area contributed by atoms with Crippen LogP contribution < -0.4 is 16.2 Å². The minimum atomic E-state index is -0.627. The first-order valence-electron chi connectivity index (χ1n) is 8.28. The Labute approximate surface area is 155 Å². The van der Waals surface area contributed by atoms with Gasteiger partial charge in [0, 0.05) is 33.6 Å². The van der Waals surface area contributed by atoms with Crippen molar-refractivity contribution in [3.05, 3.63) is 86.7 Å². The Kier molecular flexibility index (Phi) is 3.38. The number of hydrogen-bond acceptors (Lipinski definition) is 7. The van der Waals surface area contributed by atoms with Crippen LogP contribution in [0.3, 0.4) is 0 Å². The zero-order valence-corrected chi connectivity index (χ0v) is 14.1. The molecule has 0 amide bonds. The van der Waals surface area contributed by atoms with E-state index >= 15 is 0 Å². The van der Waals surface area contributed by atoms with Crippen LogP contribution in [0, 0.1) is 5.21 Å². The van der Waals surface area contributed by atoms with Crippen LogP contribution in [0.4, 0.5) is 0 Å². The van der Waals surface area contributed by atoms with Crippen molar-refractivity contribution >= 4 is 21.9 Å². The second-order valence-corrected chi connectivity index (χ2v) is 6.08. The highest BCUT2D eigenvalue weighted by atomic mass is 16.8. The highest BCUT2D eigenvalue weighted by Gasteiger charge is 2.27. The molecule has 28 heavy (non-hydrogen) atoms. The van der Waals surface area contributed by atoms with Crippen LogP contribution in [0.2, 0.25) is 0 Å². The van der Waals surface area contributed by atoms with Gasteiger partial charge in [-0.2, -0.15) is 0 Å². The lowest BCUT2D eigenvalue weighted by Crippen LogP contribution is -2.25. The molecule has 8 heteroatoms. The molecule has 136 valence electrons. The Bertz CT molecular complexity index is 1480. The number of para-hydroxylation sites is 2. The number of hydrogen-bond donors (Lipinski definition) is 0. The summed E-state index contributed by atoms with van der Waals surface area (Å²) < 4.78 is 15.2. The maximum Gasteiger partial charge on any atom is 0.336 e. The Balaban J connectivity index is 1.90. The van der Waals surface area contributed by atoms with Crippen molar-refractivity contribution in [1.29, 1.82) is 0 Å². The molecule has 3 heterocycles. The fourth-order valence-electron chi connectivity index (χ4n) is 3.27. The summed E-state index contributed by atoms with van der Waals surface area (Å²) in [6.45, 7) is 0. The maximum absolute atomic E-state index is 12.4. The van der Waals surface area contributed by atoms with E-state index in [1.54, 1.807) is 48.5 Å². The second-order valence-electron chi connectivity index (χ2n) is 6.08. The van der Waals surface area contributed by atoms with Gasteiger partial charge in [-0.1, -0.05) is 36.4 Å². The number of aromatic nitrogens is 2. The third-order valence-electron chi connectivity index (χ3n) is 4.42. The highest BCUT2D eigenvalue weighted by molar-refractivity contribution is 5.99. The largest absolute Gasteiger partial charge is 0.423 e. The van der Waals surface area contributed by atoms with Crippen LogP contribution in [-0.4, -0.2) is 5.16 Å². The average Bonchev–Trinajstić information content (AvgIpc) is 3.07. The first-order valence-corrected chi connectivity index (χ1v) is 8.28. The molecule has 5 aromatic rings. The zero-order chi connectivity index (χ0) is 19.3. The molecule has 0 unspecified atom stereocenters. The van der Waals surface area contributed by atoms with Gasteiger partial charge in [-0.25, -0.2) is 9.59 Å². The van der Waals surface area contributed by atoms with Crippen LogP contribution in [0.5, 0.6) is 0 Å². The molecule has 0 saturated carbocycles. The van der Waals surface area contributed by atoms with Gasteiger partial charge in [-0.3, -0.25) is 4.63 Å². The van der Waals surface area contributed by atoms with Crippen LogP contribution in [0.1, 0.15) is 0 Å². The van der Waals surface area contributed by atoms with Crippen molar-refractivity contribution in [2.45, 2.75) is 0 Å². The summed E-state index contributed by atoms with van der Waals surface area (Å²) in [4.78, 5) is 24.3. The van der Waals surface area contributed by atoms with E-state index in [0.29, 0.717) is 27.5 Å². The fourth-order valence-corrected chi connectivity index (χ4v) is 3.27. The summed E-state index contributed by atoms with van der Waals surface area (Å²) in [6, 6.07) is 16.1. The minimum absolute atomic E-state index is 0.000136. The predicted octanol–water partition coefficient (Wildman–Crippen LogP) is 2.85. The van der Waals surface area contributed by atoms with Crippen LogP contribution in [0.15, 0.2) is 83.7 Å². The molecule has 8 nitrogen and oxygen atoms in total. The normalized spacial score (nSPS) is 11.3. The molecule has 0 radical (unpaired) electrons. The van der Waals surface area contributed by atoms with E-state index in [0.717, 1.165) is 0 Å². The molecule has 0 fully saturated rings. The second kappa shape index (κ2) is 5.92.